The molecule has 1 N–H and O–H groups in total. The van der Waals surface area contributed by atoms with Crippen molar-refractivity contribution in [2.45, 2.75) is 12.8 Å². The molecule has 1 aromatic rings. The van der Waals surface area contributed by atoms with Gasteiger partial charge >= 0.3 is 0 Å². The Hall–Kier alpha value is -1.77. The number of nitriles is 1. The lowest BCUT2D eigenvalue weighted by Gasteiger charge is -2.06. The normalized spacial score (nSPS) is 10.2. The van der Waals surface area contributed by atoms with Crippen molar-refractivity contribution >= 4 is 0 Å². The Morgan fingerprint density at radius 1 is 1.57 bits per heavy atom. The molecule has 0 amide bonds. The summed E-state index contributed by atoms with van der Waals surface area (Å²) < 4.78 is 37.5. The summed E-state index contributed by atoms with van der Waals surface area (Å²) in [5.41, 5.74) is -1.49. The molecule has 0 bridgehead atoms. The van der Waals surface area contributed by atoms with E-state index in [-0.39, 0.29) is 5.69 Å². The fourth-order valence-electron chi connectivity index (χ4n) is 0.939. The summed E-state index contributed by atoms with van der Waals surface area (Å²) in [5, 5.41) is 17.1. The first kappa shape index (κ1) is 10.3. The lowest BCUT2D eigenvalue weighted by molar-refractivity contribution is 0.141. The number of hydrogen-bond donors (Lipinski definition) is 1. The predicted molar refractivity (Wildman–Crippen MR) is 40.1 cm³/mol. The molecule has 0 unspecified atom stereocenters. The minimum absolute atomic E-state index is 0.388. The van der Waals surface area contributed by atoms with Crippen LogP contribution in [0, 0.1) is 17.1 Å². The maximum atomic E-state index is 13.1. The Bertz CT molecular complexity index is 387. The minimum atomic E-state index is -3.13. The molecule has 0 fully saturated rings. The highest BCUT2D eigenvalue weighted by molar-refractivity contribution is 5.34. The van der Waals surface area contributed by atoms with Gasteiger partial charge in [0, 0.05) is 0 Å². The quantitative estimate of drug-likeness (QED) is 0.797. The molecule has 0 spiro atoms. The molecule has 0 saturated carbocycles. The Morgan fingerprint density at radius 2 is 2.21 bits per heavy atom. The Kier molecular flexibility index (Phi) is 2.92. The fraction of sp³-hybridized carbons (Fsp3) is 0.250. The van der Waals surface area contributed by atoms with E-state index in [1.807, 2.05) is 0 Å². The number of aromatic hydroxyl groups is 1. The van der Waals surface area contributed by atoms with Crippen molar-refractivity contribution < 1.29 is 18.3 Å². The summed E-state index contributed by atoms with van der Waals surface area (Å²) in [5.74, 6) is -2.22. The van der Waals surface area contributed by atoms with E-state index in [4.69, 9.17) is 10.4 Å². The average Bonchev–Trinajstić information content (AvgIpc) is 2.10. The molecule has 1 rings (SSSR count). The lowest BCUT2D eigenvalue weighted by Crippen LogP contribution is -2.00. The van der Waals surface area contributed by atoms with Crippen LogP contribution in [0.4, 0.5) is 13.2 Å². The van der Waals surface area contributed by atoms with Gasteiger partial charge in [-0.2, -0.15) is 5.26 Å². The zero-order valence-electron chi connectivity index (χ0n) is 6.84. The highest BCUT2D eigenvalue weighted by Gasteiger charge is 2.21. The van der Waals surface area contributed by atoms with Gasteiger partial charge in [-0.15, -0.1) is 0 Å². The second kappa shape index (κ2) is 3.96. The topological polar surface area (TPSA) is 56.9 Å². The molecule has 3 nitrogen and oxygen atoms in total. The fourth-order valence-corrected chi connectivity index (χ4v) is 0.939. The van der Waals surface area contributed by atoms with E-state index in [9.17, 15) is 13.2 Å². The van der Waals surface area contributed by atoms with Crippen molar-refractivity contribution in [2.24, 2.45) is 0 Å². The van der Waals surface area contributed by atoms with Crippen LogP contribution in [0.5, 0.6) is 5.75 Å². The second-order valence-electron chi connectivity index (χ2n) is 2.45. The molecular weight excluding hydrogens is 197 g/mol. The van der Waals surface area contributed by atoms with Crippen LogP contribution in [0.1, 0.15) is 17.7 Å². The molecule has 1 heterocycles. The third-order valence-electron chi connectivity index (χ3n) is 1.57. The Balaban J connectivity index is 3.28. The highest BCUT2D eigenvalue weighted by atomic mass is 19.3. The SMILES string of the molecule is N#CCc1ncc(O)c(C(F)F)c1F. The van der Waals surface area contributed by atoms with Crippen molar-refractivity contribution in [3.63, 3.8) is 0 Å². The first-order valence-electron chi connectivity index (χ1n) is 3.59. The number of halogens is 3. The largest absolute Gasteiger partial charge is 0.506 e. The maximum Gasteiger partial charge on any atom is 0.270 e. The number of aromatic nitrogens is 1. The van der Waals surface area contributed by atoms with Crippen LogP contribution >= 0.6 is 0 Å². The highest BCUT2D eigenvalue weighted by Crippen LogP contribution is 2.30. The van der Waals surface area contributed by atoms with Crippen LogP contribution in [0.3, 0.4) is 0 Å². The molecule has 0 atom stereocenters. The van der Waals surface area contributed by atoms with E-state index < -0.39 is 30.0 Å². The molecule has 0 aliphatic rings. The summed E-state index contributed by atoms with van der Waals surface area (Å²) in [7, 11) is 0. The van der Waals surface area contributed by atoms with Gasteiger partial charge < -0.3 is 5.11 Å². The standard InChI is InChI=1S/C8H5F3N2O/c9-7-4(1-2-12)13-3-5(14)6(7)8(10)11/h3,8,14H,1H2. The van der Waals surface area contributed by atoms with Gasteiger partial charge in [0.15, 0.2) is 5.82 Å². The maximum absolute atomic E-state index is 13.1. The van der Waals surface area contributed by atoms with E-state index in [1.165, 1.54) is 0 Å². The molecule has 0 aromatic carbocycles. The van der Waals surface area contributed by atoms with Crippen LogP contribution in [-0.2, 0) is 6.42 Å². The van der Waals surface area contributed by atoms with Crippen LogP contribution in [0.25, 0.3) is 0 Å². The molecule has 0 aliphatic heterocycles. The summed E-state index contributed by atoms with van der Waals surface area (Å²) in [6.45, 7) is 0. The van der Waals surface area contributed by atoms with Crippen molar-refractivity contribution in [1.82, 2.24) is 4.98 Å². The average molecular weight is 202 g/mol. The van der Waals surface area contributed by atoms with Crippen LogP contribution in [0.2, 0.25) is 0 Å². The summed E-state index contributed by atoms with van der Waals surface area (Å²) in [6, 6.07) is 1.58. The predicted octanol–water partition coefficient (Wildman–Crippen LogP) is 1.93. The third kappa shape index (κ3) is 1.76. The van der Waals surface area contributed by atoms with E-state index in [2.05, 4.69) is 4.98 Å². The molecule has 0 saturated heterocycles. The van der Waals surface area contributed by atoms with E-state index in [0.29, 0.717) is 6.20 Å². The lowest BCUT2D eigenvalue weighted by atomic mass is 10.1. The number of pyridine rings is 1. The van der Waals surface area contributed by atoms with E-state index in [0.717, 1.165) is 0 Å². The van der Waals surface area contributed by atoms with E-state index >= 15 is 0 Å². The van der Waals surface area contributed by atoms with Crippen molar-refractivity contribution in [3.05, 3.63) is 23.3 Å². The van der Waals surface area contributed by atoms with Gasteiger partial charge in [-0.3, -0.25) is 4.98 Å². The molecule has 74 valence electrons. The van der Waals surface area contributed by atoms with Crippen LogP contribution < -0.4 is 0 Å². The number of hydrogen-bond acceptors (Lipinski definition) is 3. The second-order valence-corrected chi connectivity index (χ2v) is 2.45. The van der Waals surface area contributed by atoms with Gasteiger partial charge in [0.25, 0.3) is 6.43 Å². The number of rotatable bonds is 2. The molecule has 6 heteroatoms. The third-order valence-corrected chi connectivity index (χ3v) is 1.57. The number of nitrogens with zero attached hydrogens (tertiary/aromatic N) is 2. The van der Waals surface area contributed by atoms with Gasteiger partial charge in [-0.05, 0) is 0 Å². The summed E-state index contributed by atoms with van der Waals surface area (Å²) in [4.78, 5) is 3.33. The Labute approximate surface area is 77.4 Å². The van der Waals surface area contributed by atoms with Gasteiger partial charge in [-0.25, -0.2) is 13.2 Å². The van der Waals surface area contributed by atoms with Crippen molar-refractivity contribution in [3.8, 4) is 11.8 Å². The van der Waals surface area contributed by atoms with Crippen molar-refractivity contribution in [1.29, 1.82) is 5.26 Å². The monoisotopic (exact) mass is 202 g/mol. The zero-order valence-corrected chi connectivity index (χ0v) is 6.84. The van der Waals surface area contributed by atoms with Gasteiger partial charge in [0.2, 0.25) is 0 Å². The van der Waals surface area contributed by atoms with Gasteiger partial charge in [-0.1, -0.05) is 0 Å². The van der Waals surface area contributed by atoms with Crippen molar-refractivity contribution in [2.75, 3.05) is 0 Å². The zero-order chi connectivity index (χ0) is 10.7. The molecule has 1 aromatic heterocycles. The number of alkyl halides is 2. The first-order chi connectivity index (χ1) is 6.57. The first-order valence-corrected chi connectivity index (χ1v) is 3.59. The van der Waals surface area contributed by atoms with Crippen LogP contribution in [0.15, 0.2) is 6.20 Å². The minimum Gasteiger partial charge on any atom is -0.506 e. The smallest absolute Gasteiger partial charge is 0.270 e. The molecule has 14 heavy (non-hydrogen) atoms. The van der Waals surface area contributed by atoms with Crippen LogP contribution in [-0.4, -0.2) is 10.1 Å². The Morgan fingerprint density at radius 3 is 2.71 bits per heavy atom. The van der Waals surface area contributed by atoms with Gasteiger partial charge in [0.1, 0.15) is 5.75 Å². The molecular formula is C8H5F3N2O. The van der Waals surface area contributed by atoms with Gasteiger partial charge in [0.05, 0.1) is 29.9 Å². The molecule has 0 aliphatic carbocycles. The summed E-state index contributed by atoms with van der Waals surface area (Å²) in [6.07, 6.45) is -2.83. The van der Waals surface area contributed by atoms with E-state index in [1.54, 1.807) is 6.07 Å². The molecule has 0 radical (unpaired) electrons. The summed E-state index contributed by atoms with van der Waals surface area (Å²) >= 11 is 0.